The van der Waals surface area contributed by atoms with E-state index >= 15 is 0 Å². The van der Waals surface area contributed by atoms with Crippen molar-refractivity contribution in [3.63, 3.8) is 0 Å². The topological polar surface area (TPSA) is 37.4 Å². The van der Waals surface area contributed by atoms with Gasteiger partial charge in [0.15, 0.2) is 0 Å². The van der Waals surface area contributed by atoms with Crippen molar-refractivity contribution in [2.75, 3.05) is 38.3 Å². The molecule has 0 radical (unpaired) electrons. The van der Waals surface area contributed by atoms with Crippen LogP contribution in [0.15, 0.2) is 24.3 Å². The number of methoxy groups -OCH3 is 1. The van der Waals surface area contributed by atoms with Gasteiger partial charge in [-0.05, 0) is 43.1 Å². The van der Waals surface area contributed by atoms with Crippen molar-refractivity contribution in [1.82, 2.24) is 9.69 Å². The number of ether oxygens (including phenoxy) is 1. The molecule has 108 valence electrons. The Labute approximate surface area is 123 Å². The monoisotopic (exact) mass is 291 g/mol. The Bertz CT molecular complexity index is 551. The summed E-state index contributed by atoms with van der Waals surface area (Å²) >= 11 is 1.60. The lowest BCUT2D eigenvalue weighted by molar-refractivity contribution is 0.205. The van der Waals surface area contributed by atoms with E-state index in [0.29, 0.717) is 6.04 Å². The average molecular weight is 291 g/mol. The van der Waals surface area contributed by atoms with Crippen LogP contribution in [0, 0.1) is 0 Å². The highest BCUT2D eigenvalue weighted by molar-refractivity contribution is 7.11. The van der Waals surface area contributed by atoms with Crippen LogP contribution in [0.25, 0.3) is 10.9 Å². The normalized spacial score (nSPS) is 18.8. The molecule has 0 saturated carbocycles. The number of nitrogens with one attached hydrogen (secondary N) is 1. The fourth-order valence-corrected chi connectivity index (χ4v) is 3.66. The summed E-state index contributed by atoms with van der Waals surface area (Å²) in [7, 11) is 1.76. The van der Waals surface area contributed by atoms with Gasteiger partial charge in [0.1, 0.15) is 5.00 Å². The maximum Gasteiger partial charge on any atom is 0.120 e. The van der Waals surface area contributed by atoms with Crippen LogP contribution in [0.2, 0.25) is 0 Å². The van der Waals surface area contributed by atoms with Gasteiger partial charge in [-0.1, -0.05) is 12.1 Å². The molecule has 1 unspecified atom stereocenters. The molecule has 1 fully saturated rings. The third kappa shape index (κ3) is 2.95. The van der Waals surface area contributed by atoms with Crippen LogP contribution in [0.3, 0.4) is 0 Å². The molecule has 5 heteroatoms. The van der Waals surface area contributed by atoms with Gasteiger partial charge in [-0.3, -0.25) is 0 Å². The third-order valence-electron chi connectivity index (χ3n) is 3.82. The largest absolute Gasteiger partial charge is 0.383 e. The molecular formula is C15H21N3OS. The number of rotatable bonds is 6. The fourth-order valence-electron chi connectivity index (χ4n) is 2.76. The van der Waals surface area contributed by atoms with Crippen LogP contribution < -0.4 is 10.2 Å². The van der Waals surface area contributed by atoms with Crippen LogP contribution in [0.1, 0.15) is 12.8 Å². The minimum Gasteiger partial charge on any atom is -0.383 e. The van der Waals surface area contributed by atoms with Crippen molar-refractivity contribution < 1.29 is 4.74 Å². The molecule has 1 N–H and O–H groups in total. The lowest BCUT2D eigenvalue weighted by Gasteiger charge is -2.26. The third-order valence-corrected chi connectivity index (χ3v) is 4.76. The minimum atomic E-state index is 0.590. The maximum absolute atomic E-state index is 5.27. The van der Waals surface area contributed by atoms with E-state index in [1.165, 1.54) is 23.2 Å². The van der Waals surface area contributed by atoms with E-state index in [9.17, 15) is 0 Å². The molecule has 4 nitrogen and oxygen atoms in total. The number of nitrogens with zero attached hydrogens (tertiary/aromatic N) is 2. The van der Waals surface area contributed by atoms with Gasteiger partial charge in [-0.25, -0.2) is 0 Å². The van der Waals surface area contributed by atoms with Crippen LogP contribution in [-0.2, 0) is 4.74 Å². The van der Waals surface area contributed by atoms with Gasteiger partial charge in [-0.2, -0.15) is 4.37 Å². The molecule has 1 atom stereocenters. The van der Waals surface area contributed by atoms with E-state index in [1.807, 2.05) is 6.07 Å². The average Bonchev–Trinajstić information content (AvgIpc) is 3.12. The summed E-state index contributed by atoms with van der Waals surface area (Å²) in [5.74, 6) is 0. The number of fused-ring (bicyclic) bond motifs is 1. The minimum absolute atomic E-state index is 0.590. The molecule has 3 rings (SSSR count). The molecule has 1 aliphatic rings. The van der Waals surface area contributed by atoms with Gasteiger partial charge >= 0.3 is 0 Å². The first-order chi connectivity index (χ1) is 9.88. The highest BCUT2D eigenvalue weighted by Crippen LogP contribution is 2.31. The summed E-state index contributed by atoms with van der Waals surface area (Å²) < 4.78 is 9.83. The summed E-state index contributed by atoms with van der Waals surface area (Å²) in [6, 6.07) is 8.97. The molecule has 2 aromatic rings. The van der Waals surface area contributed by atoms with Gasteiger partial charge in [0.25, 0.3) is 0 Å². The van der Waals surface area contributed by atoms with E-state index in [4.69, 9.17) is 4.74 Å². The fraction of sp³-hybridized carbons (Fsp3) is 0.533. The van der Waals surface area contributed by atoms with E-state index < -0.39 is 0 Å². The number of aromatic nitrogens is 1. The van der Waals surface area contributed by atoms with Gasteiger partial charge in [-0.15, -0.1) is 0 Å². The van der Waals surface area contributed by atoms with Crippen LogP contribution >= 0.6 is 11.5 Å². The lowest BCUT2D eigenvalue weighted by Crippen LogP contribution is -2.39. The Balaban J connectivity index is 1.83. The Hall–Kier alpha value is -1.17. The van der Waals surface area contributed by atoms with Crippen molar-refractivity contribution in [2.24, 2.45) is 0 Å². The molecule has 1 aliphatic heterocycles. The first-order valence-electron chi connectivity index (χ1n) is 7.20. The number of benzene rings is 1. The van der Waals surface area contributed by atoms with E-state index in [-0.39, 0.29) is 0 Å². The molecule has 1 saturated heterocycles. The quantitative estimate of drug-likeness (QED) is 0.887. The molecule has 2 heterocycles. The second kappa shape index (κ2) is 6.52. The van der Waals surface area contributed by atoms with Crippen LogP contribution in [0.4, 0.5) is 5.00 Å². The highest BCUT2D eigenvalue weighted by Gasteiger charge is 2.20. The van der Waals surface area contributed by atoms with Crippen LogP contribution in [0.5, 0.6) is 0 Å². The Morgan fingerprint density at radius 1 is 1.45 bits per heavy atom. The second-order valence-electron chi connectivity index (χ2n) is 5.24. The molecule has 1 aromatic carbocycles. The van der Waals surface area contributed by atoms with Crippen molar-refractivity contribution in [3.05, 3.63) is 24.3 Å². The Kier molecular flexibility index (Phi) is 4.50. The maximum atomic E-state index is 5.27. The molecular weight excluding hydrogens is 270 g/mol. The molecule has 20 heavy (non-hydrogen) atoms. The van der Waals surface area contributed by atoms with Gasteiger partial charge in [0.2, 0.25) is 0 Å². The number of anilines is 1. The Morgan fingerprint density at radius 2 is 2.35 bits per heavy atom. The molecule has 0 aliphatic carbocycles. The van der Waals surface area contributed by atoms with E-state index in [2.05, 4.69) is 32.8 Å². The first kappa shape index (κ1) is 13.8. The van der Waals surface area contributed by atoms with Gasteiger partial charge < -0.3 is 15.0 Å². The number of hydrogen-bond donors (Lipinski definition) is 1. The zero-order valence-electron chi connectivity index (χ0n) is 11.8. The number of hydrogen-bond acceptors (Lipinski definition) is 5. The summed E-state index contributed by atoms with van der Waals surface area (Å²) in [5.41, 5.74) is 1.09. The van der Waals surface area contributed by atoms with Gasteiger partial charge in [0, 0.05) is 31.6 Å². The van der Waals surface area contributed by atoms with Crippen molar-refractivity contribution in [2.45, 2.75) is 18.9 Å². The van der Waals surface area contributed by atoms with Gasteiger partial charge in [0.05, 0.1) is 12.1 Å². The lowest BCUT2D eigenvalue weighted by atomic mass is 10.2. The SMILES string of the molecule is COCCN(CC1CCCN1)c1snc2ccccc12. The van der Waals surface area contributed by atoms with Crippen molar-refractivity contribution >= 4 is 27.4 Å². The predicted octanol–water partition coefficient (Wildman–Crippen LogP) is 2.50. The molecule has 0 bridgehead atoms. The first-order valence-corrected chi connectivity index (χ1v) is 7.97. The summed E-state index contributed by atoms with van der Waals surface area (Å²) in [4.78, 5) is 2.42. The smallest absolute Gasteiger partial charge is 0.120 e. The standard InChI is InChI=1S/C15H21N3OS/c1-19-10-9-18(11-12-5-4-8-16-12)15-13-6-2-3-7-14(13)17-20-15/h2-3,6-7,12,16H,4-5,8-11H2,1H3. The Morgan fingerprint density at radius 3 is 3.15 bits per heavy atom. The summed E-state index contributed by atoms with van der Waals surface area (Å²) in [6.45, 7) is 3.85. The second-order valence-corrected chi connectivity index (χ2v) is 5.99. The van der Waals surface area contributed by atoms with E-state index in [0.717, 1.165) is 31.8 Å². The predicted molar refractivity (Wildman–Crippen MR) is 84.7 cm³/mol. The van der Waals surface area contributed by atoms with Crippen molar-refractivity contribution in [1.29, 1.82) is 0 Å². The summed E-state index contributed by atoms with van der Waals surface area (Å²) in [6.07, 6.45) is 2.55. The highest BCUT2D eigenvalue weighted by atomic mass is 32.1. The zero-order valence-corrected chi connectivity index (χ0v) is 12.7. The van der Waals surface area contributed by atoms with E-state index in [1.54, 1.807) is 18.6 Å². The van der Waals surface area contributed by atoms with Crippen LogP contribution in [-0.4, -0.2) is 43.8 Å². The molecule has 1 aromatic heterocycles. The van der Waals surface area contributed by atoms with Crippen molar-refractivity contribution in [3.8, 4) is 0 Å². The molecule has 0 spiro atoms. The summed E-state index contributed by atoms with van der Waals surface area (Å²) in [5, 5.41) is 6.10. The molecule has 0 amide bonds. The zero-order chi connectivity index (χ0) is 13.8.